The minimum Gasteiger partial charge on any atom is -0.307 e. The highest BCUT2D eigenvalue weighted by atomic mass is 19.1. The third-order valence-electron chi connectivity index (χ3n) is 4.02. The van der Waals surface area contributed by atoms with Crippen molar-refractivity contribution >= 4 is 0 Å². The molecule has 1 aromatic carbocycles. The highest BCUT2D eigenvalue weighted by Crippen LogP contribution is 2.27. The number of nitrogens with one attached hydrogen (secondary N) is 1. The van der Waals surface area contributed by atoms with E-state index in [1.165, 1.54) is 19.3 Å². The van der Waals surface area contributed by atoms with E-state index in [1.807, 2.05) is 12.1 Å². The fraction of sp³-hybridized carbons (Fsp3) is 0.600. The van der Waals surface area contributed by atoms with Crippen LogP contribution in [0.3, 0.4) is 0 Å². The zero-order chi connectivity index (χ0) is 12.4. The van der Waals surface area contributed by atoms with Crippen molar-refractivity contribution in [2.45, 2.75) is 52.1 Å². The first kappa shape index (κ1) is 12.6. The Balaban J connectivity index is 2.03. The number of rotatable bonds is 3. The Kier molecular flexibility index (Phi) is 3.82. The number of hydrogen-bond acceptors (Lipinski definition) is 1. The molecular weight excluding hydrogens is 213 g/mol. The van der Waals surface area contributed by atoms with Gasteiger partial charge < -0.3 is 5.32 Å². The summed E-state index contributed by atoms with van der Waals surface area (Å²) in [7, 11) is 0. The van der Waals surface area contributed by atoms with Crippen molar-refractivity contribution in [3.8, 4) is 0 Å². The molecule has 94 valence electrons. The molecule has 0 heterocycles. The molecule has 1 N–H and O–H groups in total. The second kappa shape index (κ2) is 5.18. The van der Waals surface area contributed by atoms with Crippen LogP contribution in [-0.4, -0.2) is 6.04 Å². The quantitative estimate of drug-likeness (QED) is 0.835. The van der Waals surface area contributed by atoms with E-state index < -0.39 is 0 Å². The molecule has 1 aliphatic rings. The van der Waals surface area contributed by atoms with Gasteiger partial charge in [-0.05, 0) is 49.8 Å². The van der Waals surface area contributed by atoms with Crippen molar-refractivity contribution in [2.75, 3.05) is 0 Å². The van der Waals surface area contributed by atoms with Gasteiger partial charge in [0.2, 0.25) is 0 Å². The van der Waals surface area contributed by atoms with Crippen LogP contribution in [-0.2, 0) is 0 Å². The first-order valence-corrected chi connectivity index (χ1v) is 6.60. The fourth-order valence-corrected chi connectivity index (χ4v) is 2.69. The summed E-state index contributed by atoms with van der Waals surface area (Å²) in [6.07, 6.45) is 3.88. The Hall–Kier alpha value is -0.890. The topological polar surface area (TPSA) is 12.0 Å². The van der Waals surface area contributed by atoms with E-state index in [9.17, 15) is 4.39 Å². The molecule has 0 amide bonds. The largest absolute Gasteiger partial charge is 0.307 e. The van der Waals surface area contributed by atoms with Gasteiger partial charge in [0.1, 0.15) is 5.82 Å². The zero-order valence-electron chi connectivity index (χ0n) is 11.0. The molecule has 1 fully saturated rings. The summed E-state index contributed by atoms with van der Waals surface area (Å²) in [6, 6.07) is 6.37. The first-order chi connectivity index (χ1) is 8.08. The van der Waals surface area contributed by atoms with Crippen molar-refractivity contribution < 1.29 is 4.39 Å². The number of hydrogen-bond donors (Lipinski definition) is 1. The average Bonchev–Trinajstić information content (AvgIpc) is 2.68. The minimum atomic E-state index is -0.101. The highest BCUT2D eigenvalue weighted by Gasteiger charge is 2.24. The summed E-state index contributed by atoms with van der Waals surface area (Å²) in [4.78, 5) is 0. The summed E-state index contributed by atoms with van der Waals surface area (Å²) >= 11 is 0. The van der Waals surface area contributed by atoms with Gasteiger partial charge in [0.15, 0.2) is 0 Å². The zero-order valence-corrected chi connectivity index (χ0v) is 11.0. The van der Waals surface area contributed by atoms with Gasteiger partial charge in [-0.1, -0.05) is 25.5 Å². The van der Waals surface area contributed by atoms with Crippen LogP contribution >= 0.6 is 0 Å². The van der Waals surface area contributed by atoms with Crippen molar-refractivity contribution in [1.82, 2.24) is 5.32 Å². The van der Waals surface area contributed by atoms with E-state index in [-0.39, 0.29) is 11.9 Å². The molecule has 0 aromatic heterocycles. The maximum Gasteiger partial charge on any atom is 0.126 e. The third kappa shape index (κ3) is 2.86. The van der Waals surface area contributed by atoms with Crippen LogP contribution in [0.5, 0.6) is 0 Å². The molecular formula is C15H22FN. The summed E-state index contributed by atoms with van der Waals surface area (Å²) in [5.41, 5.74) is 1.77. The molecule has 3 atom stereocenters. The van der Waals surface area contributed by atoms with Gasteiger partial charge in [-0.3, -0.25) is 0 Å². The normalized spacial score (nSPS) is 26.1. The average molecular weight is 235 g/mol. The maximum atomic E-state index is 13.5. The van der Waals surface area contributed by atoms with Crippen LogP contribution in [0, 0.1) is 18.7 Å². The molecule has 0 radical (unpaired) electrons. The molecule has 1 aromatic rings. The maximum absolute atomic E-state index is 13.5. The second-order valence-corrected chi connectivity index (χ2v) is 5.41. The molecule has 0 saturated heterocycles. The van der Waals surface area contributed by atoms with Gasteiger partial charge in [0.05, 0.1) is 0 Å². The summed E-state index contributed by atoms with van der Waals surface area (Å²) in [5, 5.41) is 3.62. The Morgan fingerprint density at radius 3 is 2.71 bits per heavy atom. The lowest BCUT2D eigenvalue weighted by Crippen LogP contribution is -2.33. The standard InChI is InChI=1S/C15H22FN/c1-10-7-8-13(9-14(10)16)12(3)17-15-6-4-5-11(15)2/h7-9,11-12,15,17H,4-6H2,1-3H3. The Morgan fingerprint density at radius 2 is 2.12 bits per heavy atom. The monoisotopic (exact) mass is 235 g/mol. The minimum absolute atomic E-state index is 0.101. The predicted molar refractivity (Wildman–Crippen MR) is 69.5 cm³/mol. The van der Waals surface area contributed by atoms with Gasteiger partial charge in [0, 0.05) is 12.1 Å². The lowest BCUT2D eigenvalue weighted by Gasteiger charge is -2.23. The SMILES string of the molecule is Cc1ccc(C(C)NC2CCCC2C)cc1F. The van der Waals surface area contributed by atoms with E-state index in [1.54, 1.807) is 13.0 Å². The van der Waals surface area contributed by atoms with Crippen molar-refractivity contribution in [2.24, 2.45) is 5.92 Å². The van der Waals surface area contributed by atoms with Gasteiger partial charge in [-0.15, -0.1) is 0 Å². The van der Waals surface area contributed by atoms with Gasteiger partial charge in [-0.25, -0.2) is 4.39 Å². The molecule has 1 nitrogen and oxygen atoms in total. The lowest BCUT2D eigenvalue weighted by atomic mass is 10.0. The summed E-state index contributed by atoms with van der Waals surface area (Å²) in [5.74, 6) is 0.642. The van der Waals surface area contributed by atoms with E-state index in [2.05, 4.69) is 19.2 Å². The van der Waals surface area contributed by atoms with E-state index in [0.717, 1.165) is 17.0 Å². The Labute approximate surface area is 103 Å². The Morgan fingerprint density at radius 1 is 1.35 bits per heavy atom. The molecule has 2 rings (SSSR count). The number of benzene rings is 1. The van der Waals surface area contributed by atoms with Gasteiger partial charge in [0.25, 0.3) is 0 Å². The van der Waals surface area contributed by atoms with Crippen molar-refractivity contribution in [3.63, 3.8) is 0 Å². The Bertz CT molecular complexity index is 389. The highest BCUT2D eigenvalue weighted by molar-refractivity contribution is 5.25. The van der Waals surface area contributed by atoms with Crippen LogP contribution in [0.25, 0.3) is 0 Å². The molecule has 1 aliphatic carbocycles. The van der Waals surface area contributed by atoms with E-state index in [4.69, 9.17) is 0 Å². The smallest absolute Gasteiger partial charge is 0.126 e. The molecule has 3 unspecified atom stereocenters. The molecule has 1 saturated carbocycles. The molecule has 0 spiro atoms. The first-order valence-electron chi connectivity index (χ1n) is 6.60. The van der Waals surface area contributed by atoms with Crippen LogP contribution in [0.2, 0.25) is 0 Å². The van der Waals surface area contributed by atoms with Gasteiger partial charge >= 0.3 is 0 Å². The van der Waals surface area contributed by atoms with Crippen LogP contribution in [0.4, 0.5) is 4.39 Å². The summed E-state index contributed by atoms with van der Waals surface area (Å²) < 4.78 is 13.5. The van der Waals surface area contributed by atoms with Gasteiger partial charge in [-0.2, -0.15) is 0 Å². The van der Waals surface area contributed by atoms with E-state index in [0.29, 0.717) is 6.04 Å². The lowest BCUT2D eigenvalue weighted by molar-refractivity contribution is 0.387. The van der Waals surface area contributed by atoms with Crippen LogP contribution in [0.15, 0.2) is 18.2 Å². The van der Waals surface area contributed by atoms with Crippen molar-refractivity contribution in [3.05, 3.63) is 35.1 Å². The van der Waals surface area contributed by atoms with Crippen LogP contribution < -0.4 is 5.32 Å². The number of halogens is 1. The number of aryl methyl sites for hydroxylation is 1. The third-order valence-corrected chi connectivity index (χ3v) is 4.02. The predicted octanol–water partition coefficient (Wildman–Crippen LogP) is 3.97. The van der Waals surface area contributed by atoms with E-state index >= 15 is 0 Å². The summed E-state index contributed by atoms with van der Waals surface area (Å²) in [6.45, 7) is 6.22. The van der Waals surface area contributed by atoms with Crippen LogP contribution in [0.1, 0.15) is 50.3 Å². The van der Waals surface area contributed by atoms with Crippen molar-refractivity contribution in [1.29, 1.82) is 0 Å². The molecule has 17 heavy (non-hydrogen) atoms. The molecule has 2 heteroatoms. The molecule has 0 aliphatic heterocycles. The second-order valence-electron chi connectivity index (χ2n) is 5.41. The fourth-order valence-electron chi connectivity index (χ4n) is 2.69. The molecule has 0 bridgehead atoms.